The SMILES string of the molecule is CC/C(C)=C(\C/C=C\CS(=O)(=O)NCCCN1CCN(c2cc(C)ccc2C)CC1)OC. The lowest BCUT2D eigenvalue weighted by atomic mass is 10.1. The standard InChI is InChI=1S/C25H41N3O3S/c1-6-22(3)25(31-5)10-7-8-19-32(29,30)26-13-9-14-27-15-17-28(18-16-27)24-20-21(2)11-12-23(24)4/h7-8,11-12,20,26H,6,9-10,13-19H2,1-5H3/b8-7-,25-22+. The van der Waals surface area contributed by atoms with Gasteiger partial charge < -0.3 is 9.64 Å². The highest BCUT2D eigenvalue weighted by Crippen LogP contribution is 2.22. The average molecular weight is 464 g/mol. The van der Waals surface area contributed by atoms with Crippen LogP contribution in [0, 0.1) is 13.8 Å². The van der Waals surface area contributed by atoms with Crippen LogP contribution in [0.3, 0.4) is 0 Å². The predicted octanol–water partition coefficient (Wildman–Crippen LogP) is 4.01. The molecule has 0 aromatic heterocycles. The first-order valence-electron chi connectivity index (χ1n) is 11.6. The lowest BCUT2D eigenvalue weighted by molar-refractivity contribution is 0.255. The molecule has 0 atom stereocenters. The van der Waals surface area contributed by atoms with Crippen molar-refractivity contribution in [3.63, 3.8) is 0 Å². The Kier molecular flexibility index (Phi) is 10.7. The zero-order chi connectivity index (χ0) is 23.6. The number of piperazine rings is 1. The minimum absolute atomic E-state index is 0.00366. The molecular formula is C25H41N3O3S. The molecule has 0 amide bonds. The summed E-state index contributed by atoms with van der Waals surface area (Å²) in [7, 11) is -1.63. The maximum atomic E-state index is 12.2. The Hall–Kier alpha value is -1.83. The van der Waals surface area contributed by atoms with E-state index in [4.69, 9.17) is 4.74 Å². The highest BCUT2D eigenvalue weighted by Gasteiger charge is 2.18. The van der Waals surface area contributed by atoms with Crippen LogP contribution in [0.5, 0.6) is 0 Å². The molecule has 32 heavy (non-hydrogen) atoms. The van der Waals surface area contributed by atoms with E-state index in [0.717, 1.165) is 51.3 Å². The van der Waals surface area contributed by atoms with Crippen molar-refractivity contribution in [3.05, 3.63) is 52.8 Å². The molecule has 1 aromatic rings. The van der Waals surface area contributed by atoms with E-state index in [1.165, 1.54) is 22.4 Å². The van der Waals surface area contributed by atoms with E-state index in [1.54, 1.807) is 13.2 Å². The normalized spacial score (nSPS) is 16.5. The fourth-order valence-electron chi connectivity index (χ4n) is 3.88. The topological polar surface area (TPSA) is 61.9 Å². The van der Waals surface area contributed by atoms with Crippen LogP contribution in [0.25, 0.3) is 0 Å². The van der Waals surface area contributed by atoms with Crippen LogP contribution in [0.15, 0.2) is 41.7 Å². The highest BCUT2D eigenvalue weighted by molar-refractivity contribution is 7.89. The highest BCUT2D eigenvalue weighted by atomic mass is 32.2. The molecule has 1 heterocycles. The fraction of sp³-hybridized carbons (Fsp3) is 0.600. The Labute approximate surface area is 195 Å². The molecule has 1 fully saturated rings. The summed E-state index contributed by atoms with van der Waals surface area (Å²) in [6.07, 6.45) is 5.94. The van der Waals surface area contributed by atoms with Crippen LogP contribution in [-0.4, -0.2) is 65.4 Å². The van der Waals surface area contributed by atoms with Crippen molar-refractivity contribution in [2.24, 2.45) is 0 Å². The van der Waals surface area contributed by atoms with Gasteiger partial charge in [0.15, 0.2) is 0 Å². The zero-order valence-electron chi connectivity index (χ0n) is 20.5. The number of ether oxygens (including phenoxy) is 1. The van der Waals surface area contributed by atoms with Crippen molar-refractivity contribution in [2.45, 2.75) is 47.0 Å². The predicted molar refractivity (Wildman–Crippen MR) is 135 cm³/mol. The second-order valence-electron chi connectivity index (χ2n) is 8.58. The van der Waals surface area contributed by atoms with Crippen LogP contribution in [0.2, 0.25) is 0 Å². The van der Waals surface area contributed by atoms with Crippen molar-refractivity contribution < 1.29 is 13.2 Å². The van der Waals surface area contributed by atoms with Crippen LogP contribution in [-0.2, 0) is 14.8 Å². The summed E-state index contributed by atoms with van der Waals surface area (Å²) in [6.45, 7) is 13.9. The number of sulfonamides is 1. The lowest BCUT2D eigenvalue weighted by Gasteiger charge is -2.37. The minimum atomic E-state index is -3.29. The summed E-state index contributed by atoms with van der Waals surface area (Å²) in [6, 6.07) is 6.62. The number of aryl methyl sites for hydroxylation is 2. The number of anilines is 1. The second kappa shape index (κ2) is 13.0. The summed E-state index contributed by atoms with van der Waals surface area (Å²) in [5, 5.41) is 0. The minimum Gasteiger partial charge on any atom is -0.501 e. The smallest absolute Gasteiger partial charge is 0.215 e. The van der Waals surface area contributed by atoms with E-state index < -0.39 is 10.0 Å². The van der Waals surface area contributed by atoms with Crippen LogP contribution in [0.4, 0.5) is 5.69 Å². The molecule has 2 rings (SSSR count). The number of allylic oxidation sites excluding steroid dienone is 2. The van der Waals surface area contributed by atoms with Gasteiger partial charge in [0.05, 0.1) is 18.6 Å². The van der Waals surface area contributed by atoms with Crippen molar-refractivity contribution >= 4 is 15.7 Å². The maximum Gasteiger partial charge on any atom is 0.215 e. The van der Waals surface area contributed by atoms with Gasteiger partial charge in [-0.05, 0) is 62.9 Å². The van der Waals surface area contributed by atoms with Crippen LogP contribution in [0.1, 0.15) is 44.2 Å². The van der Waals surface area contributed by atoms with Crippen molar-refractivity contribution in [3.8, 4) is 0 Å². The first kappa shape index (κ1) is 26.4. The quantitative estimate of drug-likeness (QED) is 0.288. The lowest BCUT2D eigenvalue weighted by Crippen LogP contribution is -2.47. The molecule has 180 valence electrons. The van der Waals surface area contributed by atoms with E-state index in [1.807, 2.05) is 13.0 Å². The first-order valence-corrected chi connectivity index (χ1v) is 13.3. The molecule has 7 heteroatoms. The molecule has 1 aromatic carbocycles. The van der Waals surface area contributed by atoms with Crippen LogP contribution >= 0.6 is 0 Å². The van der Waals surface area contributed by atoms with E-state index in [9.17, 15) is 8.42 Å². The first-order chi connectivity index (χ1) is 15.3. The molecule has 1 aliphatic rings. The number of methoxy groups -OCH3 is 1. The number of nitrogens with zero attached hydrogens (tertiary/aromatic N) is 2. The Balaban J connectivity index is 1.67. The van der Waals surface area contributed by atoms with Crippen molar-refractivity contribution in [1.82, 2.24) is 9.62 Å². The summed E-state index contributed by atoms with van der Waals surface area (Å²) in [4.78, 5) is 4.88. The van der Waals surface area contributed by atoms with Gasteiger partial charge in [-0.2, -0.15) is 0 Å². The van der Waals surface area contributed by atoms with Gasteiger partial charge in [0, 0.05) is 44.8 Å². The molecule has 6 nitrogen and oxygen atoms in total. The van der Waals surface area contributed by atoms with E-state index in [-0.39, 0.29) is 5.75 Å². The molecule has 0 spiro atoms. The number of rotatable bonds is 12. The average Bonchev–Trinajstić information content (AvgIpc) is 2.78. The van der Waals surface area contributed by atoms with Crippen molar-refractivity contribution in [2.75, 3.05) is 57.0 Å². The van der Waals surface area contributed by atoms with Gasteiger partial charge in [0.25, 0.3) is 0 Å². The van der Waals surface area contributed by atoms with Gasteiger partial charge in [-0.3, -0.25) is 4.90 Å². The molecule has 1 aliphatic heterocycles. The summed E-state index contributed by atoms with van der Waals surface area (Å²) < 4.78 is 32.5. The third-order valence-electron chi connectivity index (χ3n) is 6.09. The Bertz CT molecular complexity index is 886. The summed E-state index contributed by atoms with van der Waals surface area (Å²) >= 11 is 0. The molecule has 0 saturated carbocycles. The third-order valence-corrected chi connectivity index (χ3v) is 7.36. The zero-order valence-corrected chi connectivity index (χ0v) is 21.3. The molecule has 0 aliphatic carbocycles. The van der Waals surface area contributed by atoms with Gasteiger partial charge in [-0.25, -0.2) is 13.1 Å². The van der Waals surface area contributed by atoms with Gasteiger partial charge in [-0.15, -0.1) is 0 Å². The molecular weight excluding hydrogens is 422 g/mol. The van der Waals surface area contributed by atoms with Gasteiger partial charge >= 0.3 is 0 Å². The Morgan fingerprint density at radius 1 is 1.16 bits per heavy atom. The molecule has 0 bridgehead atoms. The summed E-state index contributed by atoms with van der Waals surface area (Å²) in [5.41, 5.74) is 5.14. The molecule has 1 N–H and O–H groups in total. The largest absolute Gasteiger partial charge is 0.501 e. The Morgan fingerprint density at radius 3 is 2.53 bits per heavy atom. The van der Waals surface area contributed by atoms with E-state index in [2.05, 4.69) is 53.5 Å². The van der Waals surface area contributed by atoms with Gasteiger partial charge in [0.2, 0.25) is 10.0 Å². The number of hydrogen-bond donors (Lipinski definition) is 1. The van der Waals surface area contributed by atoms with Crippen LogP contribution < -0.4 is 9.62 Å². The number of nitrogens with one attached hydrogen (secondary N) is 1. The monoisotopic (exact) mass is 463 g/mol. The molecule has 1 saturated heterocycles. The van der Waals surface area contributed by atoms with E-state index >= 15 is 0 Å². The number of hydrogen-bond acceptors (Lipinski definition) is 5. The van der Waals surface area contributed by atoms with E-state index in [0.29, 0.717) is 13.0 Å². The Morgan fingerprint density at radius 2 is 1.88 bits per heavy atom. The molecule has 0 radical (unpaired) electrons. The third kappa shape index (κ3) is 8.60. The second-order valence-corrected chi connectivity index (χ2v) is 10.4. The maximum absolute atomic E-state index is 12.2. The fourth-order valence-corrected chi connectivity index (χ4v) is 4.84. The van der Waals surface area contributed by atoms with Gasteiger partial charge in [0.1, 0.15) is 0 Å². The molecule has 0 unspecified atom stereocenters. The van der Waals surface area contributed by atoms with Crippen molar-refractivity contribution in [1.29, 1.82) is 0 Å². The van der Waals surface area contributed by atoms with Gasteiger partial charge in [-0.1, -0.05) is 31.2 Å². The summed E-state index contributed by atoms with van der Waals surface area (Å²) in [5.74, 6) is 0.913. The number of benzene rings is 1.